The zero-order chi connectivity index (χ0) is 16.0. The maximum atomic E-state index is 12.7. The molecule has 2 fully saturated rings. The minimum Gasteiger partial charge on any atom is -0.329 e. The summed E-state index contributed by atoms with van der Waals surface area (Å²) in [5.74, 6) is -0.139. The zero-order valence-corrected chi connectivity index (χ0v) is 13.9. The van der Waals surface area contributed by atoms with Gasteiger partial charge in [0.05, 0.1) is 4.75 Å². The van der Waals surface area contributed by atoms with E-state index in [2.05, 4.69) is 0 Å². The molecular weight excluding hydrogens is 292 g/mol. The van der Waals surface area contributed by atoms with Crippen LogP contribution < -0.4 is 0 Å². The smallest absolute Gasteiger partial charge is 0.246 e. The molecule has 2 atom stereocenters. The number of carbonyl (C=O) groups is 2. The Bertz CT molecular complexity index is 555. The van der Waals surface area contributed by atoms with Crippen LogP contribution in [-0.4, -0.2) is 66.2 Å². The van der Waals surface area contributed by atoms with E-state index in [1.54, 1.807) is 18.7 Å². The number of rotatable bonds is 4. The van der Waals surface area contributed by atoms with Gasteiger partial charge in [0.2, 0.25) is 11.8 Å². The van der Waals surface area contributed by atoms with E-state index in [-0.39, 0.29) is 18.4 Å². The Morgan fingerprint density at radius 1 is 1.24 bits per heavy atom. The molecular formula is C14H24N2O4S. The fourth-order valence-electron chi connectivity index (χ4n) is 3.07. The number of amides is 2. The molecule has 0 N–H and O–H groups in total. The Hall–Kier alpha value is -1.11. The molecule has 0 saturated carbocycles. The van der Waals surface area contributed by atoms with Gasteiger partial charge in [-0.25, -0.2) is 8.42 Å². The average molecular weight is 316 g/mol. The Morgan fingerprint density at radius 2 is 1.86 bits per heavy atom. The summed E-state index contributed by atoms with van der Waals surface area (Å²) in [5.41, 5.74) is 0. The second-order valence-electron chi connectivity index (χ2n) is 6.61. The maximum Gasteiger partial charge on any atom is 0.246 e. The van der Waals surface area contributed by atoms with Crippen molar-refractivity contribution in [1.82, 2.24) is 9.80 Å². The van der Waals surface area contributed by atoms with Crippen LogP contribution in [0.15, 0.2) is 0 Å². The van der Waals surface area contributed by atoms with Crippen molar-refractivity contribution in [1.29, 1.82) is 0 Å². The fourth-order valence-corrected chi connectivity index (χ4v) is 3.44. The van der Waals surface area contributed by atoms with E-state index in [0.717, 1.165) is 6.42 Å². The van der Waals surface area contributed by atoms with Gasteiger partial charge < -0.3 is 9.80 Å². The first kappa shape index (κ1) is 16.3. The second-order valence-corrected chi connectivity index (χ2v) is 9.26. The van der Waals surface area contributed by atoms with Crippen LogP contribution in [-0.2, 0) is 19.4 Å². The molecule has 6 nitrogen and oxygen atoms in total. The SMILES string of the molecule is CCC1C(=O)N2CCCC2C(=O)N1CC(C)(C)S(C)(=O)=O. The van der Waals surface area contributed by atoms with Crippen molar-refractivity contribution in [3.63, 3.8) is 0 Å². The van der Waals surface area contributed by atoms with Gasteiger partial charge in [-0.1, -0.05) is 6.92 Å². The van der Waals surface area contributed by atoms with Crippen LogP contribution in [0.2, 0.25) is 0 Å². The molecule has 2 aliphatic heterocycles. The highest BCUT2D eigenvalue weighted by Crippen LogP contribution is 2.30. The molecule has 0 radical (unpaired) electrons. The standard InChI is InChI=1S/C14H24N2O4S/c1-5-10-12(17)15-8-6-7-11(15)13(18)16(10)9-14(2,3)21(4,19)20/h10-11H,5-9H2,1-4H3. The lowest BCUT2D eigenvalue weighted by molar-refractivity contribution is -0.159. The predicted octanol–water partition coefficient (Wildman–Crippen LogP) is 0.421. The number of carbonyl (C=O) groups excluding carboxylic acids is 2. The summed E-state index contributed by atoms with van der Waals surface area (Å²) in [6, 6.07) is -0.927. The molecule has 2 unspecified atom stereocenters. The van der Waals surface area contributed by atoms with E-state index in [0.29, 0.717) is 19.4 Å². The lowest BCUT2D eigenvalue weighted by Gasteiger charge is -2.44. The summed E-state index contributed by atoms with van der Waals surface area (Å²) >= 11 is 0. The summed E-state index contributed by atoms with van der Waals surface area (Å²) in [4.78, 5) is 28.3. The summed E-state index contributed by atoms with van der Waals surface area (Å²) in [6.07, 6.45) is 3.19. The number of nitrogens with zero attached hydrogens (tertiary/aromatic N) is 2. The van der Waals surface area contributed by atoms with Crippen molar-refractivity contribution >= 4 is 21.7 Å². The highest BCUT2D eigenvalue weighted by Gasteiger charge is 2.49. The van der Waals surface area contributed by atoms with E-state index in [1.165, 1.54) is 11.2 Å². The van der Waals surface area contributed by atoms with Crippen molar-refractivity contribution < 1.29 is 18.0 Å². The van der Waals surface area contributed by atoms with E-state index < -0.39 is 26.7 Å². The van der Waals surface area contributed by atoms with Gasteiger partial charge in [0, 0.05) is 19.3 Å². The van der Waals surface area contributed by atoms with E-state index >= 15 is 0 Å². The Balaban J connectivity index is 2.32. The van der Waals surface area contributed by atoms with Crippen molar-refractivity contribution in [3.05, 3.63) is 0 Å². The maximum absolute atomic E-state index is 12.7. The summed E-state index contributed by atoms with van der Waals surface area (Å²) in [6.45, 7) is 5.77. The van der Waals surface area contributed by atoms with Gasteiger partial charge in [-0.05, 0) is 33.1 Å². The van der Waals surface area contributed by atoms with Gasteiger partial charge >= 0.3 is 0 Å². The Kier molecular flexibility index (Phi) is 4.08. The second kappa shape index (κ2) is 5.26. The third-order valence-corrected chi connectivity index (χ3v) is 6.84. The summed E-state index contributed by atoms with van der Waals surface area (Å²) < 4.78 is 22.8. The molecule has 2 amide bonds. The molecule has 120 valence electrons. The quantitative estimate of drug-likeness (QED) is 0.753. The number of hydrogen-bond donors (Lipinski definition) is 0. The van der Waals surface area contributed by atoms with Crippen molar-refractivity contribution in [2.24, 2.45) is 0 Å². The minimum atomic E-state index is -3.32. The lowest BCUT2D eigenvalue weighted by atomic mass is 10.0. The van der Waals surface area contributed by atoms with Crippen molar-refractivity contribution in [3.8, 4) is 0 Å². The molecule has 0 aromatic heterocycles. The first-order valence-electron chi connectivity index (χ1n) is 7.40. The summed E-state index contributed by atoms with van der Waals surface area (Å²) in [7, 11) is -3.32. The molecule has 2 heterocycles. The molecule has 0 bridgehead atoms. The predicted molar refractivity (Wildman–Crippen MR) is 79.4 cm³/mol. The molecule has 0 aromatic rings. The molecule has 2 rings (SSSR count). The highest BCUT2D eigenvalue weighted by molar-refractivity contribution is 7.92. The van der Waals surface area contributed by atoms with Crippen LogP contribution in [0.1, 0.15) is 40.0 Å². The summed E-state index contributed by atoms with van der Waals surface area (Å²) in [5, 5.41) is 0. The van der Waals surface area contributed by atoms with Crippen molar-refractivity contribution in [2.45, 2.75) is 56.9 Å². The van der Waals surface area contributed by atoms with Crippen LogP contribution in [0.3, 0.4) is 0 Å². The van der Waals surface area contributed by atoms with Crippen LogP contribution in [0.4, 0.5) is 0 Å². The van der Waals surface area contributed by atoms with E-state index in [1.807, 2.05) is 6.92 Å². The van der Waals surface area contributed by atoms with Crippen LogP contribution in [0, 0.1) is 0 Å². The van der Waals surface area contributed by atoms with Gasteiger partial charge in [-0.2, -0.15) is 0 Å². The van der Waals surface area contributed by atoms with Gasteiger partial charge in [0.25, 0.3) is 0 Å². The highest BCUT2D eigenvalue weighted by atomic mass is 32.2. The first-order valence-corrected chi connectivity index (χ1v) is 9.30. The number of piperazine rings is 1. The van der Waals surface area contributed by atoms with Crippen molar-refractivity contribution in [2.75, 3.05) is 19.3 Å². The monoisotopic (exact) mass is 316 g/mol. The lowest BCUT2D eigenvalue weighted by Crippen LogP contribution is -2.65. The van der Waals surface area contributed by atoms with E-state index in [9.17, 15) is 18.0 Å². The van der Waals surface area contributed by atoms with Gasteiger partial charge in [0.15, 0.2) is 9.84 Å². The first-order chi connectivity index (χ1) is 9.60. The number of fused-ring (bicyclic) bond motifs is 1. The average Bonchev–Trinajstić information content (AvgIpc) is 2.84. The fraction of sp³-hybridized carbons (Fsp3) is 0.857. The molecule has 2 saturated heterocycles. The molecule has 7 heteroatoms. The zero-order valence-electron chi connectivity index (χ0n) is 13.1. The molecule has 0 aliphatic carbocycles. The Labute approximate surface area is 126 Å². The molecule has 21 heavy (non-hydrogen) atoms. The molecule has 0 aromatic carbocycles. The Morgan fingerprint density at radius 3 is 2.38 bits per heavy atom. The number of hydrogen-bond acceptors (Lipinski definition) is 4. The molecule has 2 aliphatic rings. The van der Waals surface area contributed by atoms with Crippen LogP contribution in [0.5, 0.6) is 0 Å². The number of sulfone groups is 1. The topological polar surface area (TPSA) is 74.8 Å². The third-order valence-electron chi connectivity index (χ3n) is 4.71. The molecule has 0 spiro atoms. The van der Waals surface area contributed by atoms with E-state index in [4.69, 9.17) is 0 Å². The van der Waals surface area contributed by atoms with Gasteiger partial charge in [-0.3, -0.25) is 9.59 Å². The van der Waals surface area contributed by atoms with Gasteiger partial charge in [-0.15, -0.1) is 0 Å². The van der Waals surface area contributed by atoms with Gasteiger partial charge in [0.1, 0.15) is 12.1 Å². The minimum absolute atomic E-state index is 0.0381. The van der Waals surface area contributed by atoms with Crippen LogP contribution in [0.25, 0.3) is 0 Å². The normalized spacial score (nSPS) is 27.2. The third kappa shape index (κ3) is 2.67. The van der Waals surface area contributed by atoms with Crippen LogP contribution >= 0.6 is 0 Å². The largest absolute Gasteiger partial charge is 0.329 e.